The summed E-state index contributed by atoms with van der Waals surface area (Å²) in [5.74, 6) is -1.19. The van der Waals surface area contributed by atoms with Gasteiger partial charge in [0.05, 0.1) is 10.2 Å². The van der Waals surface area contributed by atoms with Gasteiger partial charge in [0, 0.05) is 12.5 Å². The third kappa shape index (κ3) is 3.98. The molecule has 1 unspecified atom stereocenters. The van der Waals surface area contributed by atoms with Gasteiger partial charge in [-0.3, -0.25) is 4.79 Å². The van der Waals surface area contributed by atoms with Gasteiger partial charge in [-0.05, 0) is 53.8 Å². The Kier molecular flexibility index (Phi) is 4.87. The Labute approximate surface area is 118 Å². The summed E-state index contributed by atoms with van der Waals surface area (Å²) in [5, 5.41) is 5.70. The van der Waals surface area contributed by atoms with Crippen molar-refractivity contribution in [3.63, 3.8) is 0 Å². The number of carbonyl (C=O) groups excluding carboxylic acids is 1. The lowest BCUT2D eigenvalue weighted by Gasteiger charge is -2.10. The van der Waals surface area contributed by atoms with E-state index >= 15 is 0 Å². The van der Waals surface area contributed by atoms with Crippen LogP contribution < -0.4 is 10.6 Å². The zero-order valence-electron chi connectivity index (χ0n) is 10.3. The minimum Gasteiger partial charge on any atom is -0.324 e. The predicted molar refractivity (Wildman–Crippen MR) is 72.9 cm³/mol. The highest BCUT2D eigenvalue weighted by atomic mass is 79.9. The molecule has 1 amide bonds. The molecule has 19 heavy (non-hydrogen) atoms. The van der Waals surface area contributed by atoms with Crippen molar-refractivity contribution in [1.29, 1.82) is 0 Å². The highest BCUT2D eigenvalue weighted by molar-refractivity contribution is 9.10. The van der Waals surface area contributed by atoms with Crippen molar-refractivity contribution in [1.82, 2.24) is 5.32 Å². The summed E-state index contributed by atoms with van der Waals surface area (Å²) in [6.07, 6.45) is 2.20. The third-order valence-electron chi connectivity index (χ3n) is 3.23. The van der Waals surface area contributed by atoms with Crippen LogP contribution in [0.5, 0.6) is 0 Å². The highest BCUT2D eigenvalue weighted by Gasteiger charge is 2.16. The maximum absolute atomic E-state index is 13.4. The van der Waals surface area contributed by atoms with E-state index < -0.39 is 11.6 Å². The number of rotatable bonds is 4. The van der Waals surface area contributed by atoms with E-state index in [1.54, 1.807) is 0 Å². The van der Waals surface area contributed by atoms with Crippen molar-refractivity contribution in [2.45, 2.75) is 19.3 Å². The maximum atomic E-state index is 13.4. The molecule has 104 valence electrons. The molecule has 0 spiro atoms. The fourth-order valence-corrected chi connectivity index (χ4v) is 2.47. The second kappa shape index (κ2) is 6.43. The van der Waals surface area contributed by atoms with Crippen LogP contribution >= 0.6 is 15.9 Å². The number of amides is 1. The molecule has 2 N–H and O–H groups in total. The van der Waals surface area contributed by atoms with E-state index in [2.05, 4.69) is 26.6 Å². The number of hydrogen-bond donors (Lipinski definition) is 2. The molecule has 3 nitrogen and oxygen atoms in total. The van der Waals surface area contributed by atoms with E-state index in [1.807, 2.05) is 0 Å². The minimum absolute atomic E-state index is 0.00261. The second-order valence-electron chi connectivity index (χ2n) is 4.69. The molecule has 1 atom stereocenters. The summed E-state index contributed by atoms with van der Waals surface area (Å²) in [6, 6.07) is 1.99. The molecule has 0 saturated carbocycles. The third-order valence-corrected chi connectivity index (χ3v) is 3.83. The van der Waals surface area contributed by atoms with Gasteiger partial charge in [0.2, 0.25) is 5.91 Å². The number of halogens is 3. The predicted octanol–water partition coefficient (Wildman–Crippen LogP) is 3.06. The monoisotopic (exact) mass is 332 g/mol. The molecule has 1 fully saturated rings. The summed E-state index contributed by atoms with van der Waals surface area (Å²) < 4.78 is 26.6. The smallest absolute Gasteiger partial charge is 0.224 e. The molecular formula is C13H15BrF2N2O. The van der Waals surface area contributed by atoms with Crippen molar-refractivity contribution in [3.8, 4) is 0 Å². The normalized spacial score (nSPS) is 18.6. The Morgan fingerprint density at radius 2 is 2.21 bits per heavy atom. The van der Waals surface area contributed by atoms with Crippen LogP contribution in [-0.4, -0.2) is 19.0 Å². The van der Waals surface area contributed by atoms with Crippen LogP contribution in [0.1, 0.15) is 19.3 Å². The summed E-state index contributed by atoms with van der Waals surface area (Å²) in [5.41, 5.74) is 0.00261. The quantitative estimate of drug-likeness (QED) is 0.832. The van der Waals surface area contributed by atoms with Gasteiger partial charge < -0.3 is 10.6 Å². The Bertz CT molecular complexity index is 476. The fourth-order valence-electron chi connectivity index (χ4n) is 2.13. The lowest BCUT2D eigenvalue weighted by atomic mass is 10.0. The van der Waals surface area contributed by atoms with Crippen LogP contribution in [0.15, 0.2) is 16.6 Å². The lowest BCUT2D eigenvalue weighted by Crippen LogP contribution is -2.15. The molecule has 1 heterocycles. The first-order valence-electron chi connectivity index (χ1n) is 6.21. The molecule has 1 aliphatic rings. The van der Waals surface area contributed by atoms with E-state index in [1.165, 1.54) is 6.07 Å². The number of nitrogens with one attached hydrogen (secondary N) is 2. The molecule has 0 aliphatic carbocycles. The summed E-state index contributed by atoms with van der Waals surface area (Å²) >= 11 is 2.96. The van der Waals surface area contributed by atoms with Crippen LogP contribution in [0, 0.1) is 17.6 Å². The first kappa shape index (κ1) is 14.4. The van der Waals surface area contributed by atoms with Gasteiger partial charge in [0.15, 0.2) is 0 Å². The zero-order chi connectivity index (χ0) is 13.8. The van der Waals surface area contributed by atoms with Gasteiger partial charge >= 0.3 is 0 Å². The summed E-state index contributed by atoms with van der Waals surface area (Å²) in [7, 11) is 0. The van der Waals surface area contributed by atoms with E-state index in [0.717, 1.165) is 32.0 Å². The first-order chi connectivity index (χ1) is 9.06. The molecule has 2 rings (SSSR count). The van der Waals surface area contributed by atoms with E-state index in [9.17, 15) is 13.6 Å². The molecule has 1 aromatic rings. The molecule has 0 bridgehead atoms. The van der Waals surface area contributed by atoms with Crippen molar-refractivity contribution >= 4 is 27.5 Å². The van der Waals surface area contributed by atoms with E-state index in [0.29, 0.717) is 12.3 Å². The second-order valence-corrected chi connectivity index (χ2v) is 5.55. The van der Waals surface area contributed by atoms with Crippen molar-refractivity contribution in [3.05, 3.63) is 28.2 Å². The van der Waals surface area contributed by atoms with Crippen LogP contribution in [0.4, 0.5) is 14.5 Å². The highest BCUT2D eigenvalue weighted by Crippen LogP contribution is 2.24. The molecular weight excluding hydrogens is 318 g/mol. The number of hydrogen-bond acceptors (Lipinski definition) is 2. The molecule has 1 saturated heterocycles. The standard InChI is InChI=1S/C13H15BrF2N2O/c14-9-5-12(11(16)6-10(9)15)18-13(19)2-1-8-3-4-17-7-8/h5-6,8,17H,1-4,7H2,(H,18,19). The average Bonchev–Trinajstić information content (AvgIpc) is 2.86. The van der Waals surface area contributed by atoms with E-state index in [-0.39, 0.29) is 16.1 Å². The van der Waals surface area contributed by atoms with Gasteiger partial charge in [0.25, 0.3) is 0 Å². The Balaban J connectivity index is 1.89. The molecule has 0 aromatic heterocycles. The Morgan fingerprint density at radius 3 is 2.89 bits per heavy atom. The SMILES string of the molecule is O=C(CCC1CCNC1)Nc1cc(Br)c(F)cc1F. The van der Waals surface area contributed by atoms with Crippen LogP contribution in [0.25, 0.3) is 0 Å². The number of anilines is 1. The molecule has 6 heteroatoms. The fraction of sp³-hybridized carbons (Fsp3) is 0.462. The largest absolute Gasteiger partial charge is 0.324 e. The maximum Gasteiger partial charge on any atom is 0.224 e. The van der Waals surface area contributed by atoms with Crippen molar-refractivity contribution in [2.75, 3.05) is 18.4 Å². The van der Waals surface area contributed by atoms with E-state index in [4.69, 9.17) is 0 Å². The van der Waals surface area contributed by atoms with Crippen LogP contribution in [-0.2, 0) is 4.79 Å². The average molecular weight is 333 g/mol. The van der Waals surface area contributed by atoms with Crippen LogP contribution in [0.2, 0.25) is 0 Å². The first-order valence-corrected chi connectivity index (χ1v) is 7.00. The minimum atomic E-state index is -0.767. The Morgan fingerprint density at radius 1 is 1.42 bits per heavy atom. The number of carbonyl (C=O) groups is 1. The van der Waals surface area contributed by atoms with Gasteiger partial charge in [-0.1, -0.05) is 0 Å². The Hall–Kier alpha value is -1.01. The van der Waals surface area contributed by atoms with Crippen molar-refractivity contribution < 1.29 is 13.6 Å². The summed E-state index contributed by atoms with van der Waals surface area (Å²) in [6.45, 7) is 1.93. The van der Waals surface area contributed by atoms with Gasteiger partial charge in [-0.15, -0.1) is 0 Å². The lowest BCUT2D eigenvalue weighted by molar-refractivity contribution is -0.116. The zero-order valence-corrected chi connectivity index (χ0v) is 11.9. The molecule has 1 aromatic carbocycles. The molecule has 0 radical (unpaired) electrons. The summed E-state index contributed by atoms with van der Waals surface area (Å²) in [4.78, 5) is 11.7. The van der Waals surface area contributed by atoms with Crippen molar-refractivity contribution in [2.24, 2.45) is 5.92 Å². The van der Waals surface area contributed by atoms with Gasteiger partial charge in [-0.2, -0.15) is 0 Å². The topological polar surface area (TPSA) is 41.1 Å². The van der Waals surface area contributed by atoms with Gasteiger partial charge in [0.1, 0.15) is 11.6 Å². The van der Waals surface area contributed by atoms with Crippen LogP contribution in [0.3, 0.4) is 0 Å². The molecule has 1 aliphatic heterocycles. The number of benzene rings is 1. The van der Waals surface area contributed by atoms with Gasteiger partial charge in [-0.25, -0.2) is 8.78 Å².